The largest absolute Gasteiger partial charge is 0.392 e. The zero-order chi connectivity index (χ0) is 15.1. The van der Waals surface area contributed by atoms with E-state index in [1.165, 1.54) is 76.8 Å². The number of rotatable bonds is 6. The van der Waals surface area contributed by atoms with E-state index in [2.05, 4.69) is 35.0 Å². The summed E-state index contributed by atoms with van der Waals surface area (Å²) >= 11 is 0. The summed E-state index contributed by atoms with van der Waals surface area (Å²) in [5.41, 5.74) is 1.30. The van der Waals surface area contributed by atoms with Gasteiger partial charge in [0.05, 0.1) is 0 Å². The van der Waals surface area contributed by atoms with Gasteiger partial charge >= 0.3 is 0 Å². The van der Waals surface area contributed by atoms with E-state index in [0.29, 0.717) is 0 Å². The van der Waals surface area contributed by atoms with Crippen LogP contribution in [0.1, 0.15) is 58.8 Å². The van der Waals surface area contributed by atoms with E-state index in [0.717, 1.165) is 12.1 Å². The lowest BCUT2D eigenvalue weighted by atomic mass is 9.97. The number of allylic oxidation sites excluding steroid dienone is 1. The number of piperidine rings is 2. The lowest BCUT2D eigenvalue weighted by Crippen LogP contribution is -2.49. The van der Waals surface area contributed by atoms with Gasteiger partial charge in [0.15, 0.2) is 0 Å². The third-order valence-electron chi connectivity index (χ3n) is 5.48. The van der Waals surface area contributed by atoms with Gasteiger partial charge in [-0.05, 0) is 71.6 Å². The lowest BCUT2D eigenvalue weighted by molar-refractivity contribution is 0.0714. The zero-order valence-corrected chi connectivity index (χ0v) is 14.4. The summed E-state index contributed by atoms with van der Waals surface area (Å²) in [6.07, 6.45) is 11.9. The van der Waals surface area contributed by atoms with Crippen molar-refractivity contribution < 1.29 is 0 Å². The van der Waals surface area contributed by atoms with Crippen molar-refractivity contribution in [2.75, 3.05) is 33.2 Å². The molecule has 2 heterocycles. The fraction of sp³-hybridized carbons (Fsp3) is 0.889. The van der Waals surface area contributed by atoms with Crippen molar-refractivity contribution in [3.05, 3.63) is 11.8 Å². The van der Waals surface area contributed by atoms with E-state index >= 15 is 0 Å². The number of hydrogen-bond acceptors (Lipinski definition) is 3. The molecule has 0 aromatic carbocycles. The second-order valence-corrected chi connectivity index (χ2v) is 6.80. The van der Waals surface area contributed by atoms with Gasteiger partial charge in [-0.15, -0.1) is 0 Å². The highest BCUT2D eigenvalue weighted by molar-refractivity contribution is 4.97. The van der Waals surface area contributed by atoms with E-state index < -0.39 is 0 Å². The zero-order valence-electron chi connectivity index (χ0n) is 14.4. The maximum atomic E-state index is 3.23. The molecule has 0 bridgehead atoms. The second kappa shape index (κ2) is 8.79. The summed E-state index contributed by atoms with van der Waals surface area (Å²) in [7, 11) is 2.01. The summed E-state index contributed by atoms with van der Waals surface area (Å²) in [5.74, 6) is 0. The first-order chi connectivity index (χ1) is 10.2. The highest BCUT2D eigenvalue weighted by Gasteiger charge is 2.27. The van der Waals surface area contributed by atoms with E-state index in [-0.39, 0.29) is 0 Å². The Hall–Kier alpha value is -0.540. The molecule has 21 heavy (non-hydrogen) atoms. The normalized spacial score (nSPS) is 25.0. The number of hydrogen-bond donors (Lipinski definition) is 1. The molecule has 0 radical (unpaired) electrons. The van der Waals surface area contributed by atoms with Gasteiger partial charge in [0.1, 0.15) is 0 Å². The minimum absolute atomic E-state index is 0.732. The Bertz CT molecular complexity index is 312. The molecule has 2 fully saturated rings. The third kappa shape index (κ3) is 5.00. The van der Waals surface area contributed by atoms with Gasteiger partial charge in [-0.2, -0.15) is 0 Å². The monoisotopic (exact) mass is 293 g/mol. The Kier molecular flexibility index (Phi) is 7.05. The summed E-state index contributed by atoms with van der Waals surface area (Å²) in [5, 5.41) is 3.23. The highest BCUT2D eigenvalue weighted by atomic mass is 15.2. The third-order valence-corrected chi connectivity index (χ3v) is 5.48. The first-order valence-electron chi connectivity index (χ1n) is 9.07. The van der Waals surface area contributed by atoms with Gasteiger partial charge in [-0.25, -0.2) is 0 Å². The van der Waals surface area contributed by atoms with Crippen molar-refractivity contribution in [3.8, 4) is 0 Å². The first-order valence-corrected chi connectivity index (χ1v) is 9.07. The Labute approximate surface area is 131 Å². The van der Waals surface area contributed by atoms with Crippen LogP contribution < -0.4 is 5.32 Å². The van der Waals surface area contributed by atoms with Crippen molar-refractivity contribution in [1.82, 2.24) is 15.1 Å². The van der Waals surface area contributed by atoms with Gasteiger partial charge in [-0.1, -0.05) is 19.4 Å². The first kappa shape index (κ1) is 16.8. The Balaban J connectivity index is 1.78. The summed E-state index contributed by atoms with van der Waals surface area (Å²) in [6.45, 7) is 9.80. The van der Waals surface area contributed by atoms with Crippen molar-refractivity contribution in [2.45, 2.75) is 70.9 Å². The maximum absolute atomic E-state index is 3.23. The van der Waals surface area contributed by atoms with Crippen LogP contribution in [0, 0.1) is 0 Å². The van der Waals surface area contributed by atoms with E-state index in [1.807, 2.05) is 7.05 Å². The van der Waals surface area contributed by atoms with Gasteiger partial charge in [0.25, 0.3) is 0 Å². The molecule has 3 nitrogen and oxygen atoms in total. The number of nitrogens with zero attached hydrogens (tertiary/aromatic N) is 2. The summed E-state index contributed by atoms with van der Waals surface area (Å²) < 4.78 is 0. The summed E-state index contributed by atoms with van der Waals surface area (Å²) in [4.78, 5) is 5.51. The molecule has 0 aromatic heterocycles. The molecular formula is C18H35N3. The van der Waals surface area contributed by atoms with Crippen LogP contribution in [0.5, 0.6) is 0 Å². The van der Waals surface area contributed by atoms with Gasteiger partial charge in [-0.3, -0.25) is 4.90 Å². The van der Waals surface area contributed by atoms with Crippen LogP contribution in [-0.2, 0) is 0 Å². The molecule has 0 saturated carbocycles. The predicted octanol–water partition coefficient (Wildman–Crippen LogP) is 3.23. The molecule has 2 aliphatic heterocycles. The minimum Gasteiger partial charge on any atom is -0.392 e. The average Bonchev–Trinajstić information content (AvgIpc) is 2.56. The number of likely N-dealkylation sites (tertiary alicyclic amines) is 2. The molecule has 0 amide bonds. The molecule has 0 aliphatic carbocycles. The Morgan fingerprint density at radius 3 is 2.38 bits per heavy atom. The molecular weight excluding hydrogens is 258 g/mol. The molecule has 2 rings (SSSR count). The molecule has 2 aliphatic rings. The van der Waals surface area contributed by atoms with Crippen LogP contribution in [-0.4, -0.2) is 55.1 Å². The van der Waals surface area contributed by atoms with Crippen LogP contribution in [0.4, 0.5) is 0 Å². The minimum atomic E-state index is 0.732. The van der Waals surface area contributed by atoms with Crippen LogP contribution >= 0.6 is 0 Å². The van der Waals surface area contributed by atoms with Crippen molar-refractivity contribution in [2.24, 2.45) is 0 Å². The quantitative estimate of drug-likeness (QED) is 0.811. The molecule has 0 spiro atoms. The fourth-order valence-electron chi connectivity index (χ4n) is 3.89. The van der Waals surface area contributed by atoms with Gasteiger partial charge in [0.2, 0.25) is 0 Å². The SMILES string of the molecule is CCC(C/C=C(\C)NC)N1CCC(N2CCCCC2)CC1. The molecule has 122 valence electrons. The van der Waals surface area contributed by atoms with Gasteiger partial charge < -0.3 is 10.2 Å². The van der Waals surface area contributed by atoms with E-state index in [9.17, 15) is 0 Å². The molecule has 2 saturated heterocycles. The molecule has 1 unspecified atom stereocenters. The maximum Gasteiger partial charge on any atom is 0.0128 e. The van der Waals surface area contributed by atoms with Crippen molar-refractivity contribution in [3.63, 3.8) is 0 Å². The molecule has 3 heteroatoms. The Morgan fingerprint density at radius 1 is 1.14 bits per heavy atom. The van der Waals surface area contributed by atoms with Gasteiger partial charge in [0, 0.05) is 24.8 Å². The average molecular weight is 293 g/mol. The van der Waals surface area contributed by atoms with Crippen LogP contribution in [0.15, 0.2) is 11.8 Å². The molecule has 1 N–H and O–H groups in total. The Morgan fingerprint density at radius 2 is 1.81 bits per heavy atom. The summed E-state index contributed by atoms with van der Waals surface area (Å²) in [6, 6.07) is 1.60. The van der Waals surface area contributed by atoms with Crippen molar-refractivity contribution >= 4 is 0 Å². The van der Waals surface area contributed by atoms with Crippen LogP contribution in [0.2, 0.25) is 0 Å². The fourth-order valence-corrected chi connectivity index (χ4v) is 3.89. The lowest BCUT2D eigenvalue weighted by Gasteiger charge is -2.42. The van der Waals surface area contributed by atoms with Crippen molar-refractivity contribution in [1.29, 1.82) is 0 Å². The second-order valence-electron chi connectivity index (χ2n) is 6.80. The van der Waals surface area contributed by atoms with E-state index in [4.69, 9.17) is 0 Å². The smallest absolute Gasteiger partial charge is 0.0128 e. The van der Waals surface area contributed by atoms with E-state index in [1.54, 1.807) is 0 Å². The van der Waals surface area contributed by atoms with Crippen LogP contribution in [0.25, 0.3) is 0 Å². The predicted molar refractivity (Wildman–Crippen MR) is 91.5 cm³/mol. The number of nitrogens with one attached hydrogen (secondary N) is 1. The molecule has 0 aromatic rings. The van der Waals surface area contributed by atoms with Crippen LogP contribution in [0.3, 0.4) is 0 Å². The highest BCUT2D eigenvalue weighted by Crippen LogP contribution is 2.23. The standard InChI is InChI=1S/C18H35N3/c1-4-17(9-8-16(2)19-3)21-14-10-18(11-15-21)20-12-6-5-7-13-20/h8,17-19H,4-7,9-15H2,1-3H3/b16-8+. The molecule has 1 atom stereocenters. The topological polar surface area (TPSA) is 18.5 Å².